The van der Waals surface area contributed by atoms with Crippen molar-refractivity contribution in [2.45, 2.75) is 20.8 Å². The molecule has 6 heteroatoms. The highest BCUT2D eigenvalue weighted by molar-refractivity contribution is 6.04. The Balaban J connectivity index is 1.80. The van der Waals surface area contributed by atoms with Crippen molar-refractivity contribution in [2.75, 3.05) is 12.4 Å². The number of aryl methyl sites for hydroxylation is 1. The summed E-state index contributed by atoms with van der Waals surface area (Å²) in [6.45, 7) is 5.70. The molecule has 3 rings (SSSR count). The number of nitrogens with one attached hydrogen (secondary N) is 2. The summed E-state index contributed by atoms with van der Waals surface area (Å²) < 4.78 is 1.86. The lowest BCUT2D eigenvalue weighted by molar-refractivity contribution is -0.111. The van der Waals surface area contributed by atoms with E-state index < -0.39 is 0 Å². The number of para-hydroxylation sites is 1. The van der Waals surface area contributed by atoms with Crippen LogP contribution < -0.4 is 10.6 Å². The topological polar surface area (TPSA) is 76.0 Å². The molecule has 2 amide bonds. The van der Waals surface area contributed by atoms with Crippen LogP contribution in [0.15, 0.2) is 54.6 Å². The van der Waals surface area contributed by atoms with Gasteiger partial charge in [-0.2, -0.15) is 5.10 Å². The van der Waals surface area contributed by atoms with E-state index in [1.807, 2.05) is 55.8 Å². The number of carbonyl (C=O) groups is 2. The van der Waals surface area contributed by atoms with Crippen LogP contribution in [0.25, 0.3) is 11.8 Å². The summed E-state index contributed by atoms with van der Waals surface area (Å²) in [4.78, 5) is 24.4. The Hall–Kier alpha value is -3.67. The lowest BCUT2D eigenvalue weighted by Crippen LogP contribution is -2.20. The zero-order valence-electron chi connectivity index (χ0n) is 17.0. The molecule has 0 aliphatic rings. The largest absolute Gasteiger partial charge is 0.355 e. The molecule has 2 N–H and O–H groups in total. The fraction of sp³-hybridized carbons (Fsp3) is 0.174. The Bertz CT molecular complexity index is 1080. The number of rotatable bonds is 5. The molecule has 2 aromatic carbocycles. The Morgan fingerprint density at radius 2 is 1.72 bits per heavy atom. The Labute approximate surface area is 170 Å². The van der Waals surface area contributed by atoms with E-state index in [0.717, 1.165) is 28.2 Å². The van der Waals surface area contributed by atoms with E-state index in [9.17, 15) is 9.59 Å². The summed E-state index contributed by atoms with van der Waals surface area (Å²) in [7, 11) is 1.58. The third-order valence-electron chi connectivity index (χ3n) is 4.81. The van der Waals surface area contributed by atoms with Crippen molar-refractivity contribution in [1.29, 1.82) is 0 Å². The summed E-state index contributed by atoms with van der Waals surface area (Å²) in [5, 5.41) is 10.0. The molecule has 29 heavy (non-hydrogen) atoms. The molecule has 0 aliphatic heterocycles. The molecule has 3 aromatic rings. The maximum atomic E-state index is 12.5. The molecule has 0 fully saturated rings. The van der Waals surface area contributed by atoms with Crippen LogP contribution >= 0.6 is 0 Å². The van der Waals surface area contributed by atoms with Crippen molar-refractivity contribution in [1.82, 2.24) is 15.1 Å². The molecule has 1 heterocycles. The van der Waals surface area contributed by atoms with Crippen molar-refractivity contribution in [2.24, 2.45) is 0 Å². The van der Waals surface area contributed by atoms with E-state index in [0.29, 0.717) is 11.3 Å². The first-order valence-corrected chi connectivity index (χ1v) is 9.34. The minimum absolute atomic E-state index is 0.186. The van der Waals surface area contributed by atoms with Gasteiger partial charge in [0.15, 0.2) is 0 Å². The number of anilines is 1. The van der Waals surface area contributed by atoms with E-state index >= 15 is 0 Å². The maximum Gasteiger partial charge on any atom is 0.251 e. The molecule has 0 radical (unpaired) electrons. The number of hydrogen-bond acceptors (Lipinski definition) is 3. The molecule has 0 saturated carbocycles. The molecule has 0 spiro atoms. The van der Waals surface area contributed by atoms with Gasteiger partial charge in [0.2, 0.25) is 5.91 Å². The highest BCUT2D eigenvalue weighted by Gasteiger charge is 2.13. The second kappa shape index (κ2) is 8.56. The molecule has 1 aromatic heterocycles. The predicted molar refractivity (Wildman–Crippen MR) is 115 cm³/mol. The fourth-order valence-electron chi connectivity index (χ4n) is 3.20. The molecule has 0 saturated heterocycles. The van der Waals surface area contributed by atoms with E-state index in [4.69, 9.17) is 0 Å². The van der Waals surface area contributed by atoms with Crippen LogP contribution in [0.1, 0.15) is 32.9 Å². The van der Waals surface area contributed by atoms with Crippen LogP contribution in [0, 0.1) is 20.8 Å². The minimum atomic E-state index is -0.270. The Morgan fingerprint density at radius 1 is 1.00 bits per heavy atom. The van der Waals surface area contributed by atoms with E-state index in [-0.39, 0.29) is 11.8 Å². The molecule has 148 valence electrons. The van der Waals surface area contributed by atoms with Gasteiger partial charge < -0.3 is 10.6 Å². The highest BCUT2D eigenvalue weighted by atomic mass is 16.2. The van der Waals surface area contributed by atoms with Crippen molar-refractivity contribution >= 4 is 23.6 Å². The van der Waals surface area contributed by atoms with E-state index in [2.05, 4.69) is 15.7 Å². The average Bonchev–Trinajstić information content (AvgIpc) is 3.01. The van der Waals surface area contributed by atoms with Gasteiger partial charge >= 0.3 is 0 Å². The second-order valence-corrected chi connectivity index (χ2v) is 6.71. The van der Waals surface area contributed by atoms with Crippen molar-refractivity contribution in [3.8, 4) is 5.69 Å². The van der Waals surface area contributed by atoms with E-state index in [1.165, 1.54) is 6.08 Å². The van der Waals surface area contributed by atoms with Gasteiger partial charge in [-0.05, 0) is 56.7 Å². The summed E-state index contributed by atoms with van der Waals surface area (Å²) in [6.07, 6.45) is 3.25. The zero-order chi connectivity index (χ0) is 21.0. The van der Waals surface area contributed by atoms with Gasteiger partial charge in [-0.15, -0.1) is 0 Å². The first-order chi connectivity index (χ1) is 13.9. The molecule has 0 atom stereocenters. The van der Waals surface area contributed by atoms with Gasteiger partial charge in [-0.1, -0.05) is 24.3 Å². The third kappa shape index (κ3) is 4.27. The highest BCUT2D eigenvalue weighted by Crippen LogP contribution is 2.21. The summed E-state index contributed by atoms with van der Waals surface area (Å²) in [5.74, 6) is -0.456. The fourth-order valence-corrected chi connectivity index (χ4v) is 3.20. The van der Waals surface area contributed by atoms with Gasteiger partial charge in [-0.3, -0.25) is 9.59 Å². The number of benzene rings is 2. The molecule has 0 aliphatic carbocycles. The Kier molecular flexibility index (Phi) is 5.93. The monoisotopic (exact) mass is 388 g/mol. The average molecular weight is 388 g/mol. The van der Waals surface area contributed by atoms with Crippen LogP contribution in [-0.4, -0.2) is 28.6 Å². The molecule has 6 nitrogen and oxygen atoms in total. The van der Waals surface area contributed by atoms with Crippen LogP contribution in [0.4, 0.5) is 5.69 Å². The molecular formula is C23H24N4O2. The van der Waals surface area contributed by atoms with Gasteiger partial charge in [0.05, 0.1) is 11.4 Å². The molecule has 0 bridgehead atoms. The number of hydrogen-bond donors (Lipinski definition) is 2. The third-order valence-corrected chi connectivity index (χ3v) is 4.81. The lowest BCUT2D eigenvalue weighted by atomic mass is 10.1. The van der Waals surface area contributed by atoms with Gasteiger partial charge in [0, 0.05) is 35.6 Å². The van der Waals surface area contributed by atoms with Crippen LogP contribution in [0.2, 0.25) is 0 Å². The quantitative estimate of drug-likeness (QED) is 0.653. The number of carbonyl (C=O) groups excluding carboxylic acids is 2. The van der Waals surface area contributed by atoms with Crippen LogP contribution in [0.3, 0.4) is 0 Å². The SMILES string of the molecule is CNC(=O)c1cccc(NC(=O)/C=C/c2c(C)nn(-c3ccccc3)c2C)c1C. The summed E-state index contributed by atoms with van der Waals surface area (Å²) in [6, 6.07) is 15.1. The second-order valence-electron chi connectivity index (χ2n) is 6.71. The normalized spacial score (nSPS) is 10.9. The minimum Gasteiger partial charge on any atom is -0.355 e. The van der Waals surface area contributed by atoms with E-state index in [1.54, 1.807) is 31.3 Å². The summed E-state index contributed by atoms with van der Waals surface area (Å²) in [5.41, 5.74) is 5.53. The first-order valence-electron chi connectivity index (χ1n) is 9.34. The van der Waals surface area contributed by atoms with Crippen molar-refractivity contribution in [3.63, 3.8) is 0 Å². The summed E-state index contributed by atoms with van der Waals surface area (Å²) >= 11 is 0. The standard InChI is InChI=1S/C23H24N4O2/c1-15-19(23(29)24-4)11-8-12-21(15)25-22(28)14-13-20-16(2)26-27(17(20)3)18-9-6-5-7-10-18/h5-14H,1-4H3,(H,24,29)(H,25,28)/b14-13+. The van der Waals surface area contributed by atoms with Crippen LogP contribution in [0.5, 0.6) is 0 Å². The molecular weight excluding hydrogens is 364 g/mol. The number of amides is 2. The van der Waals surface area contributed by atoms with Gasteiger partial charge in [0.25, 0.3) is 5.91 Å². The number of aromatic nitrogens is 2. The predicted octanol–water partition coefficient (Wildman–Crippen LogP) is 3.81. The zero-order valence-corrected chi connectivity index (χ0v) is 17.0. The van der Waals surface area contributed by atoms with Crippen molar-refractivity contribution in [3.05, 3.63) is 82.7 Å². The number of nitrogens with zero attached hydrogens (tertiary/aromatic N) is 2. The van der Waals surface area contributed by atoms with Crippen LogP contribution in [-0.2, 0) is 4.79 Å². The smallest absolute Gasteiger partial charge is 0.251 e. The van der Waals surface area contributed by atoms with Gasteiger partial charge in [-0.25, -0.2) is 4.68 Å². The maximum absolute atomic E-state index is 12.5. The Morgan fingerprint density at radius 3 is 2.41 bits per heavy atom. The van der Waals surface area contributed by atoms with Gasteiger partial charge in [0.1, 0.15) is 0 Å². The molecule has 0 unspecified atom stereocenters. The first kappa shape index (κ1) is 20.1. The lowest BCUT2D eigenvalue weighted by Gasteiger charge is -2.10. The van der Waals surface area contributed by atoms with Crippen molar-refractivity contribution < 1.29 is 9.59 Å².